The number of piperidine rings is 1. The minimum Gasteiger partial charge on any atom is -0.340 e. The van der Waals surface area contributed by atoms with Crippen LogP contribution in [-0.4, -0.2) is 28.8 Å². The number of rotatable bonds is 2. The Hall–Kier alpha value is -2.23. The van der Waals surface area contributed by atoms with Crippen molar-refractivity contribution in [2.24, 2.45) is 11.8 Å². The smallest absolute Gasteiger partial charge is 0.225 e. The first-order valence-electron chi connectivity index (χ1n) is 9.70. The van der Waals surface area contributed by atoms with Crippen molar-refractivity contribution in [1.82, 2.24) is 9.97 Å². The highest BCUT2D eigenvalue weighted by atomic mass is 16.1. The van der Waals surface area contributed by atoms with E-state index >= 15 is 0 Å². The van der Waals surface area contributed by atoms with E-state index in [1.54, 1.807) is 6.20 Å². The first kappa shape index (κ1) is 17.2. The molecule has 1 aliphatic carbocycles. The van der Waals surface area contributed by atoms with Gasteiger partial charge in [0.05, 0.1) is 11.3 Å². The summed E-state index contributed by atoms with van der Waals surface area (Å²) in [6.45, 7) is 8.66. The average Bonchev–Trinajstić information content (AvgIpc) is 2.61. The maximum atomic E-state index is 12.6. The molecule has 4 rings (SSSR count). The van der Waals surface area contributed by atoms with Gasteiger partial charge in [0.25, 0.3) is 0 Å². The van der Waals surface area contributed by atoms with Gasteiger partial charge in [-0.1, -0.05) is 43.7 Å². The van der Waals surface area contributed by atoms with Crippen molar-refractivity contribution in [2.75, 3.05) is 18.0 Å². The summed E-state index contributed by atoms with van der Waals surface area (Å²) < 4.78 is 0. The first-order valence-corrected chi connectivity index (χ1v) is 9.70. The average molecular weight is 349 g/mol. The second-order valence-electron chi connectivity index (χ2n) is 8.32. The summed E-state index contributed by atoms with van der Waals surface area (Å²) in [5.41, 5.74) is 4.11. The van der Waals surface area contributed by atoms with Crippen LogP contribution in [0.15, 0.2) is 30.5 Å². The van der Waals surface area contributed by atoms with Crippen molar-refractivity contribution in [3.8, 4) is 0 Å². The first-order chi connectivity index (χ1) is 12.5. The molecule has 4 heteroatoms. The fraction of sp³-hybridized carbons (Fsp3) is 0.500. The predicted octanol–water partition coefficient (Wildman–Crippen LogP) is 4.18. The topological polar surface area (TPSA) is 46.1 Å². The van der Waals surface area contributed by atoms with E-state index in [2.05, 4.69) is 54.9 Å². The fourth-order valence-electron chi connectivity index (χ4n) is 4.49. The van der Waals surface area contributed by atoms with E-state index in [0.717, 1.165) is 36.7 Å². The molecule has 26 heavy (non-hydrogen) atoms. The lowest BCUT2D eigenvalue weighted by molar-refractivity contribution is 0.0962. The van der Waals surface area contributed by atoms with Gasteiger partial charge in [-0.25, -0.2) is 9.97 Å². The van der Waals surface area contributed by atoms with Crippen molar-refractivity contribution in [3.05, 3.63) is 52.8 Å². The zero-order valence-electron chi connectivity index (χ0n) is 15.9. The van der Waals surface area contributed by atoms with Gasteiger partial charge in [-0.15, -0.1) is 0 Å². The molecule has 1 aromatic heterocycles. The fourth-order valence-corrected chi connectivity index (χ4v) is 4.49. The van der Waals surface area contributed by atoms with Crippen LogP contribution in [0.4, 0.5) is 5.95 Å². The number of fused-ring (bicyclic) bond motifs is 1. The summed E-state index contributed by atoms with van der Waals surface area (Å²) in [4.78, 5) is 24.3. The molecule has 136 valence electrons. The van der Waals surface area contributed by atoms with Crippen molar-refractivity contribution in [1.29, 1.82) is 0 Å². The van der Waals surface area contributed by atoms with Crippen LogP contribution < -0.4 is 4.90 Å². The Morgan fingerprint density at radius 1 is 1.04 bits per heavy atom. The molecule has 2 aromatic rings. The van der Waals surface area contributed by atoms with Crippen molar-refractivity contribution >= 4 is 11.7 Å². The van der Waals surface area contributed by atoms with Crippen LogP contribution in [0.5, 0.6) is 0 Å². The van der Waals surface area contributed by atoms with Gasteiger partial charge >= 0.3 is 0 Å². The third-order valence-corrected chi connectivity index (χ3v) is 5.73. The number of benzene rings is 1. The number of carbonyl (C=O) groups excluding carboxylic acids is 1. The van der Waals surface area contributed by atoms with Crippen LogP contribution in [0, 0.1) is 18.8 Å². The number of hydrogen-bond acceptors (Lipinski definition) is 4. The van der Waals surface area contributed by atoms with Crippen LogP contribution >= 0.6 is 0 Å². The number of ketones is 1. The summed E-state index contributed by atoms with van der Waals surface area (Å²) in [6.07, 6.45) is 4.39. The van der Waals surface area contributed by atoms with Gasteiger partial charge in [0, 0.05) is 25.7 Å². The zero-order valence-corrected chi connectivity index (χ0v) is 15.9. The highest BCUT2D eigenvalue weighted by molar-refractivity contribution is 5.98. The Labute approximate surface area is 155 Å². The molecule has 0 spiro atoms. The van der Waals surface area contributed by atoms with E-state index in [1.807, 2.05) is 0 Å². The lowest BCUT2D eigenvalue weighted by atomic mass is 9.82. The molecule has 0 bridgehead atoms. The number of hydrogen-bond donors (Lipinski definition) is 0. The van der Waals surface area contributed by atoms with Crippen molar-refractivity contribution in [3.63, 3.8) is 0 Å². The van der Waals surface area contributed by atoms with E-state index in [-0.39, 0.29) is 11.7 Å². The molecule has 1 aromatic carbocycles. The van der Waals surface area contributed by atoms with Gasteiger partial charge in [0.1, 0.15) is 0 Å². The lowest BCUT2D eigenvalue weighted by Crippen LogP contribution is -2.40. The molecule has 3 atom stereocenters. The summed E-state index contributed by atoms with van der Waals surface area (Å²) in [6, 6.07) is 8.54. The number of aromatic nitrogens is 2. The molecule has 2 heterocycles. The van der Waals surface area contributed by atoms with E-state index in [9.17, 15) is 4.79 Å². The molecule has 0 amide bonds. The monoisotopic (exact) mass is 349 g/mol. The summed E-state index contributed by atoms with van der Waals surface area (Å²) in [7, 11) is 0. The number of carbonyl (C=O) groups is 1. The molecule has 1 aliphatic heterocycles. The normalized spacial score (nSPS) is 25.9. The number of Topliss-reactive ketones (excluding diaryl/α,β-unsaturated/α-hetero) is 1. The van der Waals surface area contributed by atoms with Crippen LogP contribution in [0.1, 0.15) is 59.8 Å². The quantitative estimate of drug-likeness (QED) is 0.816. The van der Waals surface area contributed by atoms with Crippen LogP contribution in [0.3, 0.4) is 0 Å². The standard InChI is InChI=1S/C22H27N3O/c1-14-4-6-17(7-5-14)18-9-20-19(21(26)10-18)11-23-22(24-20)25-12-15(2)8-16(3)13-25/h4-7,11,15-16,18H,8-10,12-13H2,1-3H3/t15-,16-,18+/m1/s1. The molecule has 0 saturated carbocycles. The third kappa shape index (κ3) is 3.37. The van der Waals surface area contributed by atoms with Gasteiger partial charge in [0.2, 0.25) is 5.95 Å². The van der Waals surface area contributed by atoms with Crippen molar-refractivity contribution < 1.29 is 4.79 Å². The molecule has 1 fully saturated rings. The van der Waals surface area contributed by atoms with Gasteiger partial charge in [-0.3, -0.25) is 4.79 Å². The largest absolute Gasteiger partial charge is 0.340 e. The minimum atomic E-state index is 0.170. The number of nitrogens with zero attached hydrogens (tertiary/aromatic N) is 3. The van der Waals surface area contributed by atoms with E-state index in [4.69, 9.17) is 4.98 Å². The molecular weight excluding hydrogens is 322 g/mol. The number of aryl methyl sites for hydroxylation is 1. The third-order valence-electron chi connectivity index (χ3n) is 5.73. The second-order valence-corrected chi connectivity index (χ2v) is 8.32. The van der Waals surface area contributed by atoms with Gasteiger partial charge in [-0.05, 0) is 43.1 Å². The van der Waals surface area contributed by atoms with Gasteiger partial charge < -0.3 is 4.90 Å². The lowest BCUT2D eigenvalue weighted by Gasteiger charge is -2.35. The Morgan fingerprint density at radius 2 is 1.73 bits per heavy atom. The maximum Gasteiger partial charge on any atom is 0.225 e. The SMILES string of the molecule is Cc1ccc([C@@H]2CC(=O)c3cnc(N4C[C@H](C)C[C@@H](C)C4)nc3C2)cc1. The summed E-state index contributed by atoms with van der Waals surface area (Å²) in [5.74, 6) is 2.49. The number of anilines is 1. The van der Waals surface area contributed by atoms with E-state index in [0.29, 0.717) is 18.3 Å². The molecule has 0 N–H and O–H groups in total. The molecule has 0 radical (unpaired) electrons. The highest BCUT2D eigenvalue weighted by Crippen LogP contribution is 2.33. The highest BCUT2D eigenvalue weighted by Gasteiger charge is 2.30. The van der Waals surface area contributed by atoms with Gasteiger partial charge in [-0.2, -0.15) is 0 Å². The van der Waals surface area contributed by atoms with Crippen LogP contribution in [0.25, 0.3) is 0 Å². The molecule has 0 unspecified atom stereocenters. The van der Waals surface area contributed by atoms with E-state index < -0.39 is 0 Å². The Bertz CT molecular complexity index is 805. The Kier molecular flexibility index (Phi) is 4.51. The minimum absolute atomic E-state index is 0.170. The Balaban J connectivity index is 1.61. The van der Waals surface area contributed by atoms with E-state index in [1.165, 1.54) is 17.5 Å². The van der Waals surface area contributed by atoms with Crippen LogP contribution in [0.2, 0.25) is 0 Å². The molecule has 1 saturated heterocycles. The van der Waals surface area contributed by atoms with Crippen molar-refractivity contribution in [2.45, 2.75) is 46.0 Å². The molecular formula is C22H27N3O. The second kappa shape index (κ2) is 6.82. The Morgan fingerprint density at radius 3 is 2.42 bits per heavy atom. The van der Waals surface area contributed by atoms with Crippen LogP contribution in [-0.2, 0) is 6.42 Å². The summed E-state index contributed by atoms with van der Waals surface area (Å²) >= 11 is 0. The van der Waals surface area contributed by atoms with Gasteiger partial charge in [0.15, 0.2) is 5.78 Å². The summed E-state index contributed by atoms with van der Waals surface area (Å²) in [5, 5.41) is 0. The predicted molar refractivity (Wildman–Crippen MR) is 104 cm³/mol. The molecule has 4 nitrogen and oxygen atoms in total. The maximum absolute atomic E-state index is 12.6. The zero-order chi connectivity index (χ0) is 18.3. The molecule has 2 aliphatic rings.